The molecule has 102 valence electrons. The van der Waals surface area contributed by atoms with Crippen LogP contribution in [0.25, 0.3) is 10.9 Å². The lowest BCUT2D eigenvalue weighted by atomic mass is 9.84. The number of para-hydroxylation sites is 1. The van der Waals surface area contributed by atoms with Gasteiger partial charge in [-0.15, -0.1) is 0 Å². The summed E-state index contributed by atoms with van der Waals surface area (Å²) >= 11 is 0. The summed E-state index contributed by atoms with van der Waals surface area (Å²) in [7, 11) is 0. The fourth-order valence-corrected chi connectivity index (χ4v) is 2.69. The number of fused-ring (bicyclic) bond motifs is 1. The second-order valence-corrected chi connectivity index (χ2v) is 6.60. The molecule has 4 N–H and O–H groups in total. The number of aromatic amines is 1. The van der Waals surface area contributed by atoms with Gasteiger partial charge in [0, 0.05) is 41.1 Å². The van der Waals surface area contributed by atoms with Crippen molar-refractivity contribution in [2.24, 2.45) is 5.73 Å². The van der Waals surface area contributed by atoms with Gasteiger partial charge >= 0.3 is 0 Å². The van der Waals surface area contributed by atoms with E-state index in [1.165, 1.54) is 16.5 Å². The average molecular weight is 257 g/mol. The third kappa shape index (κ3) is 2.53. The van der Waals surface area contributed by atoms with Crippen molar-refractivity contribution in [1.82, 2.24) is 10.3 Å². The summed E-state index contributed by atoms with van der Waals surface area (Å²) in [5.41, 5.74) is 8.88. The van der Waals surface area contributed by atoms with E-state index in [1.807, 2.05) is 0 Å². The molecule has 3 nitrogen and oxygen atoms in total. The first-order chi connectivity index (χ1) is 9.00. The van der Waals surface area contributed by atoms with E-state index in [0.29, 0.717) is 0 Å². The van der Waals surface area contributed by atoms with Gasteiger partial charge in [0.15, 0.2) is 0 Å². The molecule has 0 radical (unpaired) electrons. The van der Waals surface area contributed by atoms with E-state index in [9.17, 15) is 0 Å². The van der Waals surface area contributed by atoms with E-state index in [4.69, 9.17) is 5.73 Å². The molecule has 0 saturated heterocycles. The summed E-state index contributed by atoms with van der Waals surface area (Å²) < 4.78 is 0. The number of aromatic nitrogens is 1. The van der Waals surface area contributed by atoms with Crippen LogP contribution in [0.15, 0.2) is 30.5 Å². The molecule has 0 bridgehead atoms. The zero-order valence-electron chi connectivity index (χ0n) is 11.8. The largest absolute Gasteiger partial charge is 0.361 e. The molecule has 1 aromatic heterocycles. The van der Waals surface area contributed by atoms with Crippen LogP contribution in [-0.2, 0) is 5.41 Å². The van der Waals surface area contributed by atoms with Crippen LogP contribution < -0.4 is 11.1 Å². The second-order valence-electron chi connectivity index (χ2n) is 6.60. The highest BCUT2D eigenvalue weighted by Gasteiger charge is 2.38. The smallest absolute Gasteiger partial charge is 0.0457 e. The molecule has 1 aliphatic rings. The van der Waals surface area contributed by atoms with Crippen molar-refractivity contribution >= 4 is 10.9 Å². The van der Waals surface area contributed by atoms with E-state index in [2.05, 4.69) is 54.6 Å². The quantitative estimate of drug-likeness (QED) is 0.771. The van der Waals surface area contributed by atoms with E-state index >= 15 is 0 Å². The van der Waals surface area contributed by atoms with Gasteiger partial charge in [-0.2, -0.15) is 0 Å². The highest BCUT2D eigenvalue weighted by Crippen LogP contribution is 2.32. The standard InChI is InChI=1S/C16H23N3/c1-15(2,10-18-11-16(17)7-8-16)13-9-19-14-6-4-3-5-12(13)14/h3-6,9,18-19H,7-8,10-11,17H2,1-2H3. The third-order valence-corrected chi connectivity index (χ3v) is 4.25. The molecule has 0 unspecified atom stereocenters. The van der Waals surface area contributed by atoms with Gasteiger partial charge < -0.3 is 16.0 Å². The molecule has 1 saturated carbocycles. The van der Waals surface area contributed by atoms with Crippen molar-refractivity contribution in [2.45, 2.75) is 37.6 Å². The molecule has 1 aliphatic carbocycles. The number of rotatable bonds is 5. The molecule has 3 rings (SSSR count). The number of H-pyrrole nitrogens is 1. The Hall–Kier alpha value is -1.32. The molecule has 3 heteroatoms. The highest BCUT2D eigenvalue weighted by molar-refractivity contribution is 5.84. The molecular formula is C16H23N3. The summed E-state index contributed by atoms with van der Waals surface area (Å²) in [4.78, 5) is 3.36. The van der Waals surface area contributed by atoms with Crippen LogP contribution >= 0.6 is 0 Å². The Kier molecular flexibility index (Phi) is 2.91. The van der Waals surface area contributed by atoms with Crippen LogP contribution in [-0.4, -0.2) is 23.6 Å². The number of hydrogen-bond donors (Lipinski definition) is 3. The summed E-state index contributed by atoms with van der Waals surface area (Å²) in [5, 5.41) is 4.86. The van der Waals surface area contributed by atoms with Crippen LogP contribution in [0, 0.1) is 0 Å². The fourth-order valence-electron chi connectivity index (χ4n) is 2.69. The topological polar surface area (TPSA) is 53.8 Å². The van der Waals surface area contributed by atoms with Gasteiger partial charge in [-0.1, -0.05) is 32.0 Å². The molecular weight excluding hydrogens is 234 g/mol. The number of nitrogens with two attached hydrogens (primary N) is 1. The van der Waals surface area contributed by atoms with Crippen molar-refractivity contribution in [3.05, 3.63) is 36.0 Å². The van der Waals surface area contributed by atoms with Crippen LogP contribution in [0.3, 0.4) is 0 Å². The summed E-state index contributed by atoms with van der Waals surface area (Å²) in [6.45, 7) is 6.45. The molecule has 1 fully saturated rings. The van der Waals surface area contributed by atoms with Crippen molar-refractivity contribution in [3.8, 4) is 0 Å². The Morgan fingerprint density at radius 2 is 2.05 bits per heavy atom. The zero-order chi connectivity index (χ0) is 13.5. The van der Waals surface area contributed by atoms with Gasteiger partial charge in [-0.05, 0) is 24.5 Å². The predicted molar refractivity (Wildman–Crippen MR) is 80.3 cm³/mol. The monoisotopic (exact) mass is 257 g/mol. The lowest BCUT2D eigenvalue weighted by Gasteiger charge is -2.26. The van der Waals surface area contributed by atoms with Crippen molar-refractivity contribution in [3.63, 3.8) is 0 Å². The third-order valence-electron chi connectivity index (χ3n) is 4.25. The minimum Gasteiger partial charge on any atom is -0.361 e. The minimum atomic E-state index is 0.0797. The van der Waals surface area contributed by atoms with Crippen molar-refractivity contribution < 1.29 is 0 Å². The maximum Gasteiger partial charge on any atom is 0.0457 e. The Morgan fingerprint density at radius 1 is 1.32 bits per heavy atom. The molecule has 1 heterocycles. The maximum atomic E-state index is 6.12. The van der Waals surface area contributed by atoms with Crippen molar-refractivity contribution in [1.29, 1.82) is 0 Å². The van der Waals surface area contributed by atoms with Gasteiger partial charge in [0.25, 0.3) is 0 Å². The van der Waals surface area contributed by atoms with E-state index < -0.39 is 0 Å². The normalized spacial score (nSPS) is 17.8. The van der Waals surface area contributed by atoms with Crippen LogP contribution in [0.4, 0.5) is 0 Å². The first-order valence-electron chi connectivity index (χ1n) is 7.06. The van der Waals surface area contributed by atoms with Gasteiger partial charge in [-0.3, -0.25) is 0 Å². The maximum absolute atomic E-state index is 6.12. The zero-order valence-corrected chi connectivity index (χ0v) is 11.8. The Bertz CT molecular complexity index is 578. The molecule has 2 aromatic rings. The molecule has 0 spiro atoms. The molecule has 0 atom stereocenters. The molecule has 19 heavy (non-hydrogen) atoms. The van der Waals surface area contributed by atoms with E-state index in [-0.39, 0.29) is 11.0 Å². The Balaban J connectivity index is 1.75. The SMILES string of the molecule is CC(C)(CNCC1(N)CC1)c1c[nH]c2ccccc12. The minimum absolute atomic E-state index is 0.0797. The van der Waals surface area contributed by atoms with Crippen LogP contribution in [0.2, 0.25) is 0 Å². The number of nitrogens with one attached hydrogen (secondary N) is 2. The van der Waals surface area contributed by atoms with Gasteiger partial charge in [0.1, 0.15) is 0 Å². The van der Waals surface area contributed by atoms with Gasteiger partial charge in [0.2, 0.25) is 0 Å². The Morgan fingerprint density at radius 3 is 2.79 bits per heavy atom. The Labute approximate surface area is 114 Å². The first-order valence-corrected chi connectivity index (χ1v) is 7.06. The van der Waals surface area contributed by atoms with Crippen molar-refractivity contribution in [2.75, 3.05) is 13.1 Å². The van der Waals surface area contributed by atoms with Crippen LogP contribution in [0.1, 0.15) is 32.3 Å². The van der Waals surface area contributed by atoms with Gasteiger partial charge in [-0.25, -0.2) is 0 Å². The molecule has 1 aromatic carbocycles. The molecule has 0 amide bonds. The summed E-state index contributed by atoms with van der Waals surface area (Å²) in [5.74, 6) is 0. The first kappa shape index (κ1) is 12.7. The number of hydrogen-bond acceptors (Lipinski definition) is 2. The van der Waals surface area contributed by atoms with E-state index in [0.717, 1.165) is 25.9 Å². The van der Waals surface area contributed by atoms with E-state index in [1.54, 1.807) is 0 Å². The van der Waals surface area contributed by atoms with Gasteiger partial charge in [0.05, 0.1) is 0 Å². The lowest BCUT2D eigenvalue weighted by Crippen LogP contribution is -2.41. The number of benzene rings is 1. The highest BCUT2D eigenvalue weighted by atomic mass is 15.0. The van der Waals surface area contributed by atoms with Crippen LogP contribution in [0.5, 0.6) is 0 Å². The molecule has 0 aliphatic heterocycles. The summed E-state index contributed by atoms with van der Waals surface area (Å²) in [6.07, 6.45) is 4.46. The fraction of sp³-hybridized carbons (Fsp3) is 0.500. The lowest BCUT2D eigenvalue weighted by molar-refractivity contribution is 0.451. The average Bonchev–Trinajstić information content (AvgIpc) is 2.93. The second kappa shape index (κ2) is 4.36. The predicted octanol–water partition coefficient (Wildman–Crippen LogP) is 2.53. The summed E-state index contributed by atoms with van der Waals surface area (Å²) in [6, 6.07) is 8.48.